The van der Waals surface area contributed by atoms with Crippen molar-refractivity contribution in [3.8, 4) is 5.75 Å². The van der Waals surface area contributed by atoms with Crippen LogP contribution in [0.2, 0.25) is 0 Å². The van der Waals surface area contributed by atoms with Gasteiger partial charge >= 0.3 is 0 Å². The number of para-hydroxylation sites is 1. The minimum absolute atomic E-state index is 0.131. The van der Waals surface area contributed by atoms with Crippen LogP contribution >= 0.6 is 0 Å². The molecule has 1 heterocycles. The van der Waals surface area contributed by atoms with Crippen molar-refractivity contribution in [2.45, 2.75) is 37.5 Å². The van der Waals surface area contributed by atoms with Gasteiger partial charge in [0.05, 0.1) is 12.7 Å². The molecule has 35 heavy (non-hydrogen) atoms. The van der Waals surface area contributed by atoms with E-state index in [-0.39, 0.29) is 11.3 Å². The number of carbonyl (C=O) groups is 1. The molecule has 2 atom stereocenters. The van der Waals surface area contributed by atoms with Gasteiger partial charge in [0.1, 0.15) is 16.7 Å². The number of carbonyl (C=O) groups excluding carboxylic acids is 1. The van der Waals surface area contributed by atoms with Crippen molar-refractivity contribution in [1.82, 2.24) is 14.9 Å². The van der Waals surface area contributed by atoms with Gasteiger partial charge in [-0.1, -0.05) is 42.5 Å². The third-order valence-electron chi connectivity index (χ3n) is 7.00. The first-order valence-electron chi connectivity index (χ1n) is 12.4. The van der Waals surface area contributed by atoms with Crippen molar-refractivity contribution in [2.24, 2.45) is 10.9 Å². The highest BCUT2D eigenvalue weighted by Gasteiger charge is 2.36. The van der Waals surface area contributed by atoms with Gasteiger partial charge in [-0.25, -0.2) is 4.21 Å². The van der Waals surface area contributed by atoms with Crippen molar-refractivity contribution in [1.29, 1.82) is 0 Å². The number of aliphatic imine (C=N–C) groups is 1. The number of hydrogen-bond donors (Lipinski definition) is 2. The molecule has 188 valence electrons. The number of likely N-dealkylation sites (tertiary alicyclic amines) is 1. The first kappa shape index (κ1) is 25.2. The Morgan fingerprint density at radius 3 is 2.57 bits per heavy atom. The van der Waals surface area contributed by atoms with Crippen LogP contribution in [0.15, 0.2) is 59.6 Å². The number of ether oxygens (including phenoxy) is 1. The number of hydrogen-bond acceptors (Lipinski definition) is 4. The van der Waals surface area contributed by atoms with E-state index in [1.54, 1.807) is 25.5 Å². The predicted molar refractivity (Wildman–Crippen MR) is 141 cm³/mol. The van der Waals surface area contributed by atoms with Gasteiger partial charge in [0.15, 0.2) is 0 Å². The highest BCUT2D eigenvalue weighted by Crippen LogP contribution is 2.35. The minimum atomic E-state index is -1.18. The number of guanidine groups is 1. The maximum atomic E-state index is 13.1. The number of nitrogens with zero attached hydrogens (tertiary/aromatic N) is 2. The Morgan fingerprint density at radius 2 is 1.86 bits per heavy atom. The monoisotopic (exact) mass is 496 g/mol. The van der Waals surface area contributed by atoms with Crippen LogP contribution in [0.4, 0.5) is 0 Å². The topological polar surface area (TPSA) is 83.0 Å². The van der Waals surface area contributed by atoms with Gasteiger partial charge in [-0.3, -0.25) is 14.5 Å². The predicted octanol–water partition coefficient (Wildman–Crippen LogP) is 3.50. The van der Waals surface area contributed by atoms with E-state index < -0.39 is 11.0 Å². The Hall–Kier alpha value is -2.87. The Balaban J connectivity index is 1.53. The Labute approximate surface area is 210 Å². The molecule has 2 unspecified atom stereocenters. The van der Waals surface area contributed by atoms with E-state index in [4.69, 9.17) is 9.73 Å². The zero-order valence-corrected chi connectivity index (χ0v) is 21.5. The van der Waals surface area contributed by atoms with E-state index in [0.717, 1.165) is 44.9 Å². The van der Waals surface area contributed by atoms with Crippen molar-refractivity contribution in [2.75, 3.05) is 39.5 Å². The second-order valence-corrected chi connectivity index (χ2v) is 10.6. The zero-order chi connectivity index (χ0) is 24.7. The smallest absolute Gasteiger partial charge is 0.255 e. The molecule has 0 spiro atoms. The molecule has 4 rings (SSSR count). The van der Waals surface area contributed by atoms with E-state index in [1.165, 1.54) is 18.4 Å². The number of methoxy groups -OCH3 is 1. The third kappa shape index (κ3) is 6.63. The van der Waals surface area contributed by atoms with Crippen LogP contribution in [0.3, 0.4) is 0 Å². The van der Waals surface area contributed by atoms with E-state index in [1.807, 2.05) is 18.2 Å². The Bertz CT molecular complexity index is 1060. The van der Waals surface area contributed by atoms with Gasteiger partial charge < -0.3 is 15.0 Å². The van der Waals surface area contributed by atoms with Crippen LogP contribution in [0, 0.1) is 5.92 Å². The Kier molecular flexibility index (Phi) is 8.44. The third-order valence-corrected chi connectivity index (χ3v) is 7.47. The standard InChI is InChI=1S/C27H36N4O3S/c1-34-24-12-7-6-11-23(24)25(32)29-20-27(22-9-4-3-5-10-22)15-8-17-31(18-16-27)26(30-35(2)33)28-19-21-13-14-21/h3-7,9-12,21H,8,13-20H2,1-2H3,(H,28,30)(H,29,32). The lowest BCUT2D eigenvalue weighted by molar-refractivity contribution is 0.0937. The molecule has 2 aromatic rings. The molecule has 2 aromatic carbocycles. The van der Waals surface area contributed by atoms with Crippen molar-refractivity contribution in [3.63, 3.8) is 0 Å². The molecule has 0 aromatic heterocycles. The maximum Gasteiger partial charge on any atom is 0.255 e. The van der Waals surface area contributed by atoms with E-state index in [9.17, 15) is 9.00 Å². The summed E-state index contributed by atoms with van der Waals surface area (Å²) in [5, 5.41) is 3.20. The Morgan fingerprint density at radius 1 is 1.11 bits per heavy atom. The second kappa shape index (κ2) is 11.7. The van der Waals surface area contributed by atoms with Crippen molar-refractivity contribution < 1.29 is 13.7 Å². The lowest BCUT2D eigenvalue weighted by atomic mass is 9.74. The van der Waals surface area contributed by atoms with Crippen LogP contribution in [-0.4, -0.2) is 60.5 Å². The van der Waals surface area contributed by atoms with Crippen LogP contribution in [0.1, 0.15) is 48.0 Å². The fourth-order valence-electron chi connectivity index (χ4n) is 4.78. The molecule has 1 aliphatic carbocycles. The molecule has 1 amide bonds. The molecule has 2 fully saturated rings. The van der Waals surface area contributed by atoms with Crippen LogP contribution in [-0.2, 0) is 16.4 Å². The largest absolute Gasteiger partial charge is 0.496 e. The van der Waals surface area contributed by atoms with Gasteiger partial charge in [-0.15, -0.1) is 0 Å². The zero-order valence-electron chi connectivity index (χ0n) is 20.7. The van der Waals surface area contributed by atoms with Crippen LogP contribution < -0.4 is 14.8 Å². The van der Waals surface area contributed by atoms with Gasteiger partial charge in [0.25, 0.3) is 5.91 Å². The van der Waals surface area contributed by atoms with E-state index in [0.29, 0.717) is 23.8 Å². The number of rotatable bonds is 8. The summed E-state index contributed by atoms with van der Waals surface area (Å²) in [6.07, 6.45) is 6.84. The summed E-state index contributed by atoms with van der Waals surface area (Å²) in [6, 6.07) is 17.8. The molecule has 1 saturated heterocycles. The molecule has 0 radical (unpaired) electrons. The average Bonchev–Trinajstić information content (AvgIpc) is 3.73. The molecule has 2 N–H and O–H groups in total. The highest BCUT2D eigenvalue weighted by molar-refractivity contribution is 7.82. The summed E-state index contributed by atoms with van der Waals surface area (Å²) in [4.78, 5) is 20.1. The minimum Gasteiger partial charge on any atom is -0.496 e. The van der Waals surface area contributed by atoms with Gasteiger partial charge in [0.2, 0.25) is 5.96 Å². The number of benzene rings is 2. The molecule has 8 heteroatoms. The van der Waals surface area contributed by atoms with Gasteiger partial charge in [-0.05, 0) is 55.7 Å². The fraction of sp³-hybridized carbons (Fsp3) is 0.481. The first-order chi connectivity index (χ1) is 17.0. The van der Waals surface area contributed by atoms with Gasteiger partial charge in [0, 0.05) is 37.8 Å². The number of nitrogens with one attached hydrogen (secondary N) is 2. The van der Waals surface area contributed by atoms with Crippen molar-refractivity contribution >= 4 is 22.9 Å². The lowest BCUT2D eigenvalue weighted by Gasteiger charge is -2.34. The molecule has 7 nitrogen and oxygen atoms in total. The van der Waals surface area contributed by atoms with Gasteiger partial charge in [-0.2, -0.15) is 0 Å². The van der Waals surface area contributed by atoms with Crippen LogP contribution in [0.5, 0.6) is 5.75 Å². The van der Waals surface area contributed by atoms with E-state index >= 15 is 0 Å². The molecule has 0 bridgehead atoms. The molecular weight excluding hydrogens is 460 g/mol. The fourth-order valence-corrected chi connectivity index (χ4v) is 5.23. The average molecular weight is 497 g/mol. The second-order valence-electron chi connectivity index (χ2n) is 9.53. The molecular formula is C27H36N4O3S. The lowest BCUT2D eigenvalue weighted by Crippen LogP contribution is -2.44. The normalized spacial score (nSPS) is 21.7. The summed E-state index contributed by atoms with van der Waals surface area (Å²) < 4.78 is 20.5. The SMILES string of the molecule is COc1ccccc1C(=O)NCC1(c2ccccc2)CCCN(C(=NCC2CC2)NS(C)=O)CC1. The quantitative estimate of drug-likeness (QED) is 0.433. The maximum absolute atomic E-state index is 13.1. The number of amides is 1. The summed E-state index contributed by atoms with van der Waals surface area (Å²) in [5.41, 5.74) is 1.56. The molecule has 2 aliphatic rings. The summed E-state index contributed by atoms with van der Waals surface area (Å²) >= 11 is 0. The van der Waals surface area contributed by atoms with E-state index in [2.05, 4.69) is 39.2 Å². The van der Waals surface area contributed by atoms with Crippen molar-refractivity contribution in [3.05, 3.63) is 65.7 Å². The molecule has 1 aliphatic heterocycles. The summed E-state index contributed by atoms with van der Waals surface area (Å²) in [6.45, 7) is 2.92. The van der Waals surface area contributed by atoms with Crippen LogP contribution in [0.25, 0.3) is 0 Å². The first-order valence-corrected chi connectivity index (χ1v) is 13.9. The summed E-state index contributed by atoms with van der Waals surface area (Å²) in [5.74, 6) is 1.84. The highest BCUT2D eigenvalue weighted by atomic mass is 32.2. The molecule has 1 saturated carbocycles. The summed E-state index contributed by atoms with van der Waals surface area (Å²) in [7, 11) is 0.403.